The summed E-state index contributed by atoms with van der Waals surface area (Å²) >= 11 is 0. The number of para-hydroxylation sites is 1. The average molecular weight is 260 g/mol. The van der Waals surface area contributed by atoms with Crippen molar-refractivity contribution in [3.8, 4) is 12.3 Å². The highest BCUT2D eigenvalue weighted by molar-refractivity contribution is 5.91. The van der Waals surface area contributed by atoms with E-state index in [-0.39, 0.29) is 6.42 Å². The number of aliphatic carboxylic acids is 1. The van der Waals surface area contributed by atoms with E-state index in [1.54, 1.807) is 38.1 Å². The summed E-state index contributed by atoms with van der Waals surface area (Å²) in [4.78, 5) is 22.5. The lowest BCUT2D eigenvalue weighted by Gasteiger charge is -2.20. The van der Waals surface area contributed by atoms with Crippen LogP contribution in [0.4, 0.5) is 10.5 Å². The van der Waals surface area contributed by atoms with Crippen molar-refractivity contribution in [2.24, 2.45) is 0 Å². The van der Waals surface area contributed by atoms with Gasteiger partial charge in [0.25, 0.3) is 0 Å². The minimum atomic E-state index is -0.960. The van der Waals surface area contributed by atoms with Crippen LogP contribution < -0.4 is 10.6 Å². The van der Waals surface area contributed by atoms with Crippen LogP contribution in [-0.2, 0) is 11.2 Å². The molecule has 1 rings (SSSR count). The molecule has 3 N–H and O–H groups in total. The van der Waals surface area contributed by atoms with Gasteiger partial charge < -0.3 is 15.7 Å². The number of carbonyl (C=O) groups is 2. The number of carboxylic acid groups (broad SMARTS) is 1. The van der Waals surface area contributed by atoms with Crippen molar-refractivity contribution in [3.05, 3.63) is 29.8 Å². The van der Waals surface area contributed by atoms with E-state index in [9.17, 15) is 9.59 Å². The predicted molar refractivity (Wildman–Crippen MR) is 72.8 cm³/mol. The highest BCUT2D eigenvalue weighted by atomic mass is 16.4. The zero-order valence-corrected chi connectivity index (χ0v) is 10.9. The van der Waals surface area contributed by atoms with Gasteiger partial charge in [-0.25, -0.2) is 4.79 Å². The molecule has 0 atom stereocenters. The largest absolute Gasteiger partial charge is 0.481 e. The van der Waals surface area contributed by atoms with E-state index < -0.39 is 17.5 Å². The topological polar surface area (TPSA) is 78.4 Å². The Bertz CT molecular complexity index is 530. The maximum Gasteiger partial charge on any atom is 0.320 e. The summed E-state index contributed by atoms with van der Waals surface area (Å²) in [5.74, 6) is 1.48. The lowest BCUT2D eigenvalue weighted by Crippen LogP contribution is -2.44. The van der Waals surface area contributed by atoms with Gasteiger partial charge in [-0.15, -0.1) is 6.42 Å². The summed E-state index contributed by atoms with van der Waals surface area (Å²) in [7, 11) is 0. The van der Waals surface area contributed by atoms with Gasteiger partial charge in [-0.05, 0) is 25.5 Å². The van der Waals surface area contributed by atoms with Crippen molar-refractivity contribution in [2.45, 2.75) is 25.8 Å². The molecule has 0 unspecified atom stereocenters. The highest BCUT2D eigenvalue weighted by Crippen LogP contribution is 2.15. The number of benzene rings is 1. The maximum atomic E-state index is 11.8. The summed E-state index contributed by atoms with van der Waals surface area (Å²) < 4.78 is 0. The zero-order chi connectivity index (χ0) is 14.5. The molecule has 0 aliphatic rings. The molecule has 0 saturated carbocycles. The van der Waals surface area contributed by atoms with Gasteiger partial charge >= 0.3 is 12.0 Å². The molecule has 1 aromatic carbocycles. The molecule has 19 heavy (non-hydrogen) atoms. The van der Waals surface area contributed by atoms with Gasteiger partial charge in [-0.1, -0.05) is 24.1 Å². The number of amides is 2. The Hall–Kier alpha value is -2.48. The second-order valence-electron chi connectivity index (χ2n) is 4.58. The minimum Gasteiger partial charge on any atom is -0.481 e. The van der Waals surface area contributed by atoms with Crippen molar-refractivity contribution in [3.63, 3.8) is 0 Å². The van der Waals surface area contributed by atoms with Gasteiger partial charge in [-0.2, -0.15) is 0 Å². The summed E-state index contributed by atoms with van der Waals surface area (Å²) in [5, 5.41) is 14.0. The summed E-state index contributed by atoms with van der Waals surface area (Å²) in [5.41, 5.74) is 0.213. The first-order valence-corrected chi connectivity index (χ1v) is 5.70. The smallest absolute Gasteiger partial charge is 0.320 e. The number of nitrogens with one attached hydrogen (secondary N) is 2. The third-order valence-electron chi connectivity index (χ3n) is 2.39. The van der Waals surface area contributed by atoms with Gasteiger partial charge in [-0.3, -0.25) is 4.79 Å². The number of hydrogen-bond donors (Lipinski definition) is 3. The third kappa shape index (κ3) is 4.72. The van der Waals surface area contributed by atoms with Crippen LogP contribution in [0.2, 0.25) is 0 Å². The Balaban J connectivity index is 2.80. The lowest BCUT2D eigenvalue weighted by atomic mass is 10.1. The molecule has 0 aliphatic heterocycles. The average Bonchev–Trinajstić information content (AvgIpc) is 2.30. The minimum absolute atomic E-state index is 0.158. The van der Waals surface area contributed by atoms with Crippen LogP contribution >= 0.6 is 0 Å². The molecular weight excluding hydrogens is 244 g/mol. The highest BCUT2D eigenvalue weighted by Gasteiger charge is 2.17. The standard InChI is InChI=1S/C14H16N2O3/c1-4-14(2,3)16-13(19)15-11-8-6-5-7-10(11)9-12(17)18/h1,5-8H,9H2,2-3H3,(H,17,18)(H2,15,16,19). The maximum absolute atomic E-state index is 11.8. The fourth-order valence-corrected chi connectivity index (χ4v) is 1.43. The Kier molecular flexibility index (Phi) is 4.54. The molecule has 100 valence electrons. The quantitative estimate of drug-likeness (QED) is 0.723. The molecule has 2 amide bonds. The van der Waals surface area contributed by atoms with E-state index in [1.807, 2.05) is 0 Å². The first-order valence-electron chi connectivity index (χ1n) is 5.70. The summed E-state index contributed by atoms with van der Waals surface area (Å²) in [6, 6.07) is 6.25. The second kappa shape index (κ2) is 5.91. The molecule has 0 aliphatic carbocycles. The molecule has 0 spiro atoms. The molecule has 0 bridgehead atoms. The predicted octanol–water partition coefficient (Wildman–Crippen LogP) is 1.85. The van der Waals surface area contributed by atoms with Gasteiger partial charge in [0.2, 0.25) is 0 Å². The zero-order valence-electron chi connectivity index (χ0n) is 10.9. The molecule has 0 aromatic heterocycles. The number of terminal acetylenes is 1. The first-order chi connectivity index (χ1) is 8.84. The molecule has 1 aromatic rings. The van der Waals surface area contributed by atoms with Crippen molar-refractivity contribution in [1.29, 1.82) is 0 Å². The van der Waals surface area contributed by atoms with E-state index >= 15 is 0 Å². The molecule has 0 fully saturated rings. The Morgan fingerprint density at radius 2 is 2.00 bits per heavy atom. The van der Waals surface area contributed by atoms with E-state index in [0.29, 0.717) is 11.3 Å². The molecule has 5 heteroatoms. The summed E-state index contributed by atoms with van der Waals surface area (Å²) in [6.45, 7) is 3.38. The van der Waals surface area contributed by atoms with Crippen LogP contribution in [0, 0.1) is 12.3 Å². The normalized spacial score (nSPS) is 10.4. The van der Waals surface area contributed by atoms with E-state index in [4.69, 9.17) is 11.5 Å². The lowest BCUT2D eigenvalue weighted by molar-refractivity contribution is -0.136. The van der Waals surface area contributed by atoms with Crippen LogP contribution in [0.15, 0.2) is 24.3 Å². The number of anilines is 1. The molecule has 0 heterocycles. The van der Waals surface area contributed by atoms with Crippen LogP contribution in [0.25, 0.3) is 0 Å². The van der Waals surface area contributed by atoms with Crippen molar-refractivity contribution >= 4 is 17.7 Å². The van der Waals surface area contributed by atoms with E-state index in [1.165, 1.54) is 0 Å². The van der Waals surface area contributed by atoms with Crippen LogP contribution in [-0.4, -0.2) is 22.6 Å². The fourth-order valence-electron chi connectivity index (χ4n) is 1.43. The van der Waals surface area contributed by atoms with Gasteiger partial charge in [0.05, 0.1) is 12.0 Å². The summed E-state index contributed by atoms with van der Waals surface area (Å²) in [6.07, 6.45) is 5.12. The van der Waals surface area contributed by atoms with Gasteiger partial charge in [0, 0.05) is 5.69 Å². The molecule has 0 saturated heterocycles. The Morgan fingerprint density at radius 1 is 1.37 bits per heavy atom. The number of hydrogen-bond acceptors (Lipinski definition) is 2. The van der Waals surface area contributed by atoms with Crippen molar-refractivity contribution in [1.82, 2.24) is 5.32 Å². The third-order valence-corrected chi connectivity index (χ3v) is 2.39. The first kappa shape index (κ1) is 14.6. The van der Waals surface area contributed by atoms with Gasteiger partial charge in [0.1, 0.15) is 0 Å². The van der Waals surface area contributed by atoms with E-state index in [2.05, 4.69) is 16.6 Å². The number of carboxylic acids is 1. The number of carbonyl (C=O) groups excluding carboxylic acids is 1. The Morgan fingerprint density at radius 3 is 2.58 bits per heavy atom. The molecular formula is C14H16N2O3. The van der Waals surface area contributed by atoms with Crippen LogP contribution in [0.3, 0.4) is 0 Å². The van der Waals surface area contributed by atoms with Crippen molar-refractivity contribution < 1.29 is 14.7 Å². The fraction of sp³-hybridized carbons (Fsp3) is 0.286. The molecule has 5 nitrogen and oxygen atoms in total. The number of urea groups is 1. The Labute approximate surface area is 112 Å². The SMILES string of the molecule is C#CC(C)(C)NC(=O)Nc1ccccc1CC(=O)O. The van der Waals surface area contributed by atoms with Crippen molar-refractivity contribution in [2.75, 3.05) is 5.32 Å². The van der Waals surface area contributed by atoms with E-state index in [0.717, 1.165) is 0 Å². The van der Waals surface area contributed by atoms with Gasteiger partial charge in [0.15, 0.2) is 0 Å². The number of rotatable bonds is 4. The van der Waals surface area contributed by atoms with Crippen LogP contribution in [0.5, 0.6) is 0 Å². The van der Waals surface area contributed by atoms with Crippen LogP contribution in [0.1, 0.15) is 19.4 Å². The second-order valence-corrected chi connectivity index (χ2v) is 4.58. The monoisotopic (exact) mass is 260 g/mol. The molecule has 0 radical (unpaired) electrons.